The lowest BCUT2D eigenvalue weighted by atomic mass is 10.1. The maximum Gasteiger partial charge on any atom is 0.426 e. The van der Waals surface area contributed by atoms with E-state index in [1.54, 1.807) is 12.1 Å². The Morgan fingerprint density at radius 1 is 0.786 bits per heavy atom. The molecule has 0 radical (unpaired) electrons. The Morgan fingerprint density at radius 3 is 2.14 bits per heavy atom. The predicted octanol–water partition coefficient (Wildman–Crippen LogP) is 7.67. The fraction of sp³-hybridized carbons (Fsp3) is 0.323. The number of carbonyl (C=O) groups excluding carboxylic acids is 1. The van der Waals surface area contributed by atoms with Crippen molar-refractivity contribution in [2.75, 3.05) is 24.7 Å². The number of anilines is 2. The number of rotatable bonds is 15. The first-order valence-electron chi connectivity index (χ1n) is 13.4. The second kappa shape index (κ2) is 15.1. The fourth-order valence-electron chi connectivity index (χ4n) is 3.88. The first kappa shape index (κ1) is 32.2. The van der Waals surface area contributed by atoms with Crippen LogP contribution in [0.3, 0.4) is 0 Å². The number of esters is 1. The van der Waals surface area contributed by atoms with E-state index in [9.17, 15) is 26.7 Å². The molecule has 0 saturated heterocycles. The van der Waals surface area contributed by atoms with E-state index in [1.807, 2.05) is 6.07 Å². The predicted molar refractivity (Wildman–Crippen MR) is 151 cm³/mol. The summed E-state index contributed by atoms with van der Waals surface area (Å²) in [5.41, 5.74) is 13.9. The number of benzene rings is 3. The average molecular weight is 593 g/mol. The molecule has 3 aromatic carbocycles. The minimum Gasteiger partial charge on any atom is -0.494 e. The average Bonchev–Trinajstić information content (AvgIpc) is 2.93. The first-order chi connectivity index (χ1) is 19.9. The third-order valence-electron chi connectivity index (χ3n) is 6.11. The molecule has 0 fully saturated rings. The first-order valence-corrected chi connectivity index (χ1v) is 13.4. The lowest BCUT2D eigenvalue weighted by molar-refractivity contribution is -0.185. The molecule has 0 aliphatic carbocycles. The third kappa shape index (κ3) is 11.3. The van der Waals surface area contributed by atoms with E-state index in [4.69, 9.17) is 25.7 Å². The zero-order valence-electron chi connectivity index (χ0n) is 22.8. The highest BCUT2D eigenvalue weighted by atomic mass is 19.4. The molecule has 0 amide bonds. The molecule has 0 aliphatic rings. The fourth-order valence-corrected chi connectivity index (χ4v) is 3.88. The quantitative estimate of drug-likeness (QED) is 0.0618. The van der Waals surface area contributed by atoms with Crippen LogP contribution in [-0.2, 0) is 22.1 Å². The van der Waals surface area contributed by atoms with Gasteiger partial charge in [0.05, 0.1) is 18.8 Å². The van der Waals surface area contributed by atoms with Crippen LogP contribution in [0, 0.1) is 0 Å². The van der Waals surface area contributed by atoms with Crippen LogP contribution in [0.2, 0.25) is 0 Å². The molecule has 0 spiro atoms. The van der Waals surface area contributed by atoms with Crippen molar-refractivity contribution in [3.8, 4) is 11.5 Å². The monoisotopic (exact) mass is 592 g/mol. The SMILES string of the molecule is Nc1ccc(CCCOC(=O)/C=C/c2ccc(OC(F)(F)c3ccc(OCCCCCC(F)(F)F)cc3)cc2)c(N)c1. The number of alkyl halides is 5. The van der Waals surface area contributed by atoms with Crippen LogP contribution in [-0.4, -0.2) is 25.4 Å². The zero-order chi connectivity index (χ0) is 30.6. The van der Waals surface area contributed by atoms with Gasteiger partial charge >= 0.3 is 18.3 Å². The van der Waals surface area contributed by atoms with Gasteiger partial charge in [-0.3, -0.25) is 0 Å². The Morgan fingerprint density at radius 2 is 1.48 bits per heavy atom. The summed E-state index contributed by atoms with van der Waals surface area (Å²) in [5, 5.41) is 0. The number of carbonyl (C=O) groups is 1. The number of hydrogen-bond acceptors (Lipinski definition) is 6. The zero-order valence-corrected chi connectivity index (χ0v) is 22.8. The van der Waals surface area contributed by atoms with Crippen molar-refractivity contribution in [2.24, 2.45) is 0 Å². The van der Waals surface area contributed by atoms with Crippen LogP contribution in [0.4, 0.5) is 33.3 Å². The minimum absolute atomic E-state index is 0.0162. The van der Waals surface area contributed by atoms with E-state index < -0.39 is 30.2 Å². The second-order valence-electron chi connectivity index (χ2n) is 9.55. The van der Waals surface area contributed by atoms with Gasteiger partial charge in [0.15, 0.2) is 0 Å². The van der Waals surface area contributed by atoms with E-state index in [1.165, 1.54) is 48.6 Å². The molecule has 0 aromatic heterocycles. The van der Waals surface area contributed by atoms with Gasteiger partial charge in [-0.25, -0.2) is 4.79 Å². The molecule has 4 N–H and O–H groups in total. The van der Waals surface area contributed by atoms with Crippen LogP contribution in [0.25, 0.3) is 6.08 Å². The van der Waals surface area contributed by atoms with Gasteiger partial charge in [0.2, 0.25) is 0 Å². The number of nitrogens with two attached hydrogens (primary N) is 2. The van der Waals surface area contributed by atoms with Gasteiger partial charge in [-0.1, -0.05) is 18.2 Å². The minimum atomic E-state index is -4.17. The molecule has 3 aromatic rings. The van der Waals surface area contributed by atoms with Gasteiger partial charge < -0.3 is 25.7 Å². The number of aryl methyl sites for hydroxylation is 1. The van der Waals surface area contributed by atoms with Crippen molar-refractivity contribution in [1.82, 2.24) is 0 Å². The molecule has 0 aliphatic heterocycles. The van der Waals surface area contributed by atoms with Gasteiger partial charge in [0.25, 0.3) is 0 Å². The van der Waals surface area contributed by atoms with Gasteiger partial charge in [-0.05, 0) is 97.8 Å². The normalized spacial score (nSPS) is 11.9. The molecule has 0 saturated carbocycles. The summed E-state index contributed by atoms with van der Waals surface area (Å²) in [6.45, 7) is 0.385. The Balaban J connectivity index is 1.40. The Kier molecular flexibility index (Phi) is 11.6. The van der Waals surface area contributed by atoms with E-state index in [2.05, 4.69) is 0 Å². The van der Waals surface area contributed by atoms with Crippen LogP contribution >= 0.6 is 0 Å². The van der Waals surface area contributed by atoms with E-state index in [0.717, 1.165) is 17.7 Å². The molecular weight excluding hydrogens is 559 g/mol. The molecule has 0 heterocycles. The van der Waals surface area contributed by atoms with Crippen molar-refractivity contribution in [2.45, 2.75) is 50.8 Å². The number of unbranched alkanes of at least 4 members (excludes halogenated alkanes) is 2. The van der Waals surface area contributed by atoms with Crippen molar-refractivity contribution >= 4 is 23.4 Å². The molecule has 0 atom stereocenters. The Labute approximate surface area is 241 Å². The van der Waals surface area contributed by atoms with Crippen molar-refractivity contribution in [1.29, 1.82) is 0 Å². The number of halogens is 5. The summed E-state index contributed by atoms with van der Waals surface area (Å²) < 4.78 is 81.3. The lowest BCUT2D eigenvalue weighted by Gasteiger charge is -2.18. The molecule has 42 heavy (non-hydrogen) atoms. The van der Waals surface area contributed by atoms with Gasteiger partial charge in [0.1, 0.15) is 11.5 Å². The highest BCUT2D eigenvalue weighted by Crippen LogP contribution is 2.33. The second-order valence-corrected chi connectivity index (χ2v) is 9.55. The maximum absolute atomic E-state index is 14.7. The summed E-state index contributed by atoms with van der Waals surface area (Å²) in [7, 11) is 0. The summed E-state index contributed by atoms with van der Waals surface area (Å²) in [6.07, 6.45) is -3.90. The largest absolute Gasteiger partial charge is 0.494 e. The van der Waals surface area contributed by atoms with Crippen molar-refractivity contribution < 1.29 is 41.0 Å². The van der Waals surface area contributed by atoms with Gasteiger partial charge in [-0.15, -0.1) is 0 Å². The van der Waals surface area contributed by atoms with Crippen molar-refractivity contribution in [3.63, 3.8) is 0 Å². The van der Waals surface area contributed by atoms with Crippen molar-refractivity contribution in [3.05, 3.63) is 89.5 Å². The molecule has 3 rings (SSSR count). The summed E-state index contributed by atoms with van der Waals surface area (Å²) in [5.74, 6) is -0.298. The molecule has 11 heteroatoms. The van der Waals surface area contributed by atoms with Gasteiger partial charge in [-0.2, -0.15) is 22.0 Å². The molecule has 226 valence electrons. The van der Waals surface area contributed by atoms with E-state index in [-0.39, 0.29) is 25.4 Å². The molecule has 0 unspecified atom stereocenters. The topological polar surface area (TPSA) is 96.8 Å². The summed E-state index contributed by atoms with van der Waals surface area (Å²) >= 11 is 0. The van der Waals surface area contributed by atoms with Crippen LogP contribution in [0.5, 0.6) is 11.5 Å². The Hall–Kier alpha value is -4.28. The van der Waals surface area contributed by atoms with Crippen LogP contribution in [0.1, 0.15) is 48.8 Å². The smallest absolute Gasteiger partial charge is 0.426 e. The lowest BCUT2D eigenvalue weighted by Crippen LogP contribution is -2.21. The highest BCUT2D eigenvalue weighted by Gasteiger charge is 2.34. The molecular formula is C31H33F5N2O4. The number of ether oxygens (including phenoxy) is 3. The molecule has 0 bridgehead atoms. The van der Waals surface area contributed by atoms with Crippen LogP contribution in [0.15, 0.2) is 72.8 Å². The maximum atomic E-state index is 14.7. The van der Waals surface area contributed by atoms with E-state index >= 15 is 0 Å². The molecule has 6 nitrogen and oxygen atoms in total. The summed E-state index contributed by atoms with van der Waals surface area (Å²) in [4.78, 5) is 12.0. The number of hydrogen-bond donors (Lipinski definition) is 2. The number of nitrogen functional groups attached to an aromatic ring is 2. The standard InChI is InChI=1S/C31H33F5N2O4/c32-30(33,34)18-2-1-3-19-40-26-15-10-24(11-16-26)31(35,36)42-27-13-6-22(7-14-27)8-17-29(39)41-20-4-5-23-9-12-25(37)21-28(23)38/h6-17,21H,1-5,18-20,37-38H2/b17-8+. The van der Waals surface area contributed by atoms with E-state index in [0.29, 0.717) is 48.4 Å². The summed E-state index contributed by atoms with van der Waals surface area (Å²) in [6, 6.07) is 16.0. The van der Waals surface area contributed by atoms with Crippen LogP contribution < -0.4 is 20.9 Å². The highest BCUT2D eigenvalue weighted by molar-refractivity contribution is 5.87. The van der Waals surface area contributed by atoms with Gasteiger partial charge in [0, 0.05) is 23.9 Å². The third-order valence-corrected chi connectivity index (χ3v) is 6.11. The Bertz CT molecular complexity index is 1310.